The lowest BCUT2D eigenvalue weighted by atomic mass is 10.2. The summed E-state index contributed by atoms with van der Waals surface area (Å²) < 4.78 is 24.5. The third-order valence-electron chi connectivity index (χ3n) is 3.74. The van der Waals surface area contributed by atoms with Crippen molar-refractivity contribution in [1.82, 2.24) is 14.9 Å². The van der Waals surface area contributed by atoms with Crippen LogP contribution in [-0.4, -0.2) is 35.0 Å². The number of aromatic nitrogens is 3. The Morgan fingerprint density at radius 3 is 2.76 bits per heavy atom. The van der Waals surface area contributed by atoms with Gasteiger partial charge in [-0.1, -0.05) is 17.8 Å². The lowest BCUT2D eigenvalue weighted by Crippen LogP contribution is -2.18. The second-order valence-corrected chi connectivity index (χ2v) is 8.32. The topological polar surface area (TPSA) is 146 Å². The monoisotopic (exact) mass is 382 g/mol. The van der Waals surface area contributed by atoms with E-state index in [2.05, 4.69) is 15.5 Å². The van der Waals surface area contributed by atoms with Crippen molar-refractivity contribution in [1.29, 1.82) is 0 Å². The van der Waals surface area contributed by atoms with E-state index < -0.39 is 10.0 Å². The summed E-state index contributed by atoms with van der Waals surface area (Å²) in [6, 6.07) is 4.54. The first-order valence-electron chi connectivity index (χ1n) is 7.52. The first-order valence-corrected chi connectivity index (χ1v) is 10.1. The number of nitrogen functional groups attached to an aromatic ring is 1. The van der Waals surface area contributed by atoms with Gasteiger partial charge in [0.1, 0.15) is 0 Å². The number of hydrogen-bond acceptors (Lipinski definition) is 7. The second-order valence-electron chi connectivity index (χ2n) is 5.85. The van der Waals surface area contributed by atoms with Crippen LogP contribution in [0.3, 0.4) is 0 Å². The Bertz CT molecular complexity index is 921. The van der Waals surface area contributed by atoms with Crippen LogP contribution in [0.1, 0.15) is 30.1 Å². The fourth-order valence-electron chi connectivity index (χ4n) is 2.32. The SMILES string of the molecule is Cc1ccc(NC(=O)CSc2nnc(C3CC3)n2N)cc1S(N)(=O)=O. The van der Waals surface area contributed by atoms with E-state index in [1.807, 2.05) is 0 Å². The van der Waals surface area contributed by atoms with Crippen LogP contribution < -0.4 is 16.3 Å². The highest BCUT2D eigenvalue weighted by molar-refractivity contribution is 7.99. The maximum Gasteiger partial charge on any atom is 0.238 e. The molecule has 1 saturated carbocycles. The fourth-order valence-corrected chi connectivity index (χ4v) is 3.79. The van der Waals surface area contributed by atoms with E-state index in [0.717, 1.165) is 30.4 Å². The zero-order chi connectivity index (χ0) is 18.2. The van der Waals surface area contributed by atoms with E-state index in [1.165, 1.54) is 10.7 Å². The lowest BCUT2D eigenvalue weighted by Gasteiger charge is -2.09. The van der Waals surface area contributed by atoms with E-state index in [-0.39, 0.29) is 16.6 Å². The molecule has 1 aromatic carbocycles. The summed E-state index contributed by atoms with van der Waals surface area (Å²) in [5, 5.41) is 16.3. The van der Waals surface area contributed by atoms with Crippen LogP contribution >= 0.6 is 11.8 Å². The second kappa shape index (κ2) is 6.65. The Kier molecular flexibility index (Phi) is 4.71. The molecule has 0 radical (unpaired) electrons. The average molecular weight is 382 g/mol. The van der Waals surface area contributed by atoms with Crippen LogP contribution in [0, 0.1) is 6.92 Å². The van der Waals surface area contributed by atoms with Crippen LogP contribution in [0.25, 0.3) is 0 Å². The summed E-state index contributed by atoms with van der Waals surface area (Å²) in [7, 11) is -3.85. The van der Waals surface area contributed by atoms with Crippen LogP contribution in [0.4, 0.5) is 5.69 Å². The molecule has 1 fully saturated rings. The number of primary sulfonamides is 1. The normalized spacial score (nSPS) is 14.5. The van der Waals surface area contributed by atoms with Crippen molar-refractivity contribution in [2.45, 2.75) is 35.7 Å². The van der Waals surface area contributed by atoms with Gasteiger partial charge in [-0.25, -0.2) is 18.2 Å². The molecule has 0 saturated heterocycles. The van der Waals surface area contributed by atoms with Gasteiger partial charge in [-0.05, 0) is 37.5 Å². The highest BCUT2D eigenvalue weighted by atomic mass is 32.2. The Hall–Kier alpha value is -2.11. The van der Waals surface area contributed by atoms with Crippen molar-refractivity contribution in [3.05, 3.63) is 29.6 Å². The molecule has 0 atom stereocenters. The maximum absolute atomic E-state index is 12.1. The maximum atomic E-state index is 12.1. The highest BCUT2D eigenvalue weighted by Crippen LogP contribution is 2.39. The molecule has 1 aliphatic carbocycles. The van der Waals surface area contributed by atoms with Crippen LogP contribution in [0.5, 0.6) is 0 Å². The minimum absolute atomic E-state index is 0.0197. The largest absolute Gasteiger partial charge is 0.336 e. The number of thioether (sulfide) groups is 1. The number of anilines is 1. The van der Waals surface area contributed by atoms with Gasteiger partial charge in [-0.3, -0.25) is 4.79 Å². The Morgan fingerprint density at radius 1 is 1.40 bits per heavy atom. The predicted molar refractivity (Wildman–Crippen MR) is 94.1 cm³/mol. The quantitative estimate of drug-likeness (QED) is 0.488. The molecule has 0 unspecified atom stereocenters. The van der Waals surface area contributed by atoms with Gasteiger partial charge in [-0.2, -0.15) is 0 Å². The summed E-state index contributed by atoms with van der Waals surface area (Å²) in [5.41, 5.74) is 0.867. The Morgan fingerprint density at radius 2 is 2.12 bits per heavy atom. The summed E-state index contributed by atoms with van der Waals surface area (Å²) in [6.07, 6.45) is 2.11. The first-order chi connectivity index (χ1) is 11.8. The smallest absolute Gasteiger partial charge is 0.238 e. The number of carbonyl (C=O) groups excluding carboxylic acids is 1. The van der Waals surface area contributed by atoms with Crippen molar-refractivity contribution >= 4 is 33.4 Å². The molecule has 134 valence electrons. The molecular formula is C14H18N6O3S2. The lowest BCUT2D eigenvalue weighted by molar-refractivity contribution is -0.113. The number of nitrogens with two attached hydrogens (primary N) is 2. The van der Waals surface area contributed by atoms with Crippen LogP contribution in [0.2, 0.25) is 0 Å². The third-order valence-corrected chi connectivity index (χ3v) is 5.74. The molecule has 9 nitrogen and oxygen atoms in total. The van der Waals surface area contributed by atoms with Gasteiger partial charge in [0.25, 0.3) is 0 Å². The number of nitrogens with one attached hydrogen (secondary N) is 1. The zero-order valence-electron chi connectivity index (χ0n) is 13.5. The van der Waals surface area contributed by atoms with Crippen LogP contribution in [0.15, 0.2) is 28.3 Å². The molecule has 1 heterocycles. The van der Waals surface area contributed by atoms with E-state index in [1.54, 1.807) is 19.1 Å². The van der Waals surface area contributed by atoms with E-state index in [4.69, 9.17) is 11.0 Å². The summed E-state index contributed by atoms with van der Waals surface area (Å²) in [5.74, 6) is 6.78. The third kappa shape index (κ3) is 4.11. The number of rotatable bonds is 6. The van der Waals surface area contributed by atoms with Gasteiger partial charge < -0.3 is 11.2 Å². The first kappa shape index (κ1) is 17.7. The van der Waals surface area contributed by atoms with E-state index in [9.17, 15) is 13.2 Å². The van der Waals surface area contributed by atoms with Crippen LogP contribution in [-0.2, 0) is 14.8 Å². The van der Waals surface area contributed by atoms with Gasteiger partial charge in [0.15, 0.2) is 5.82 Å². The molecule has 1 aromatic heterocycles. The van der Waals surface area contributed by atoms with Crippen molar-refractivity contribution in [3.63, 3.8) is 0 Å². The molecular weight excluding hydrogens is 364 g/mol. The van der Waals surface area contributed by atoms with E-state index >= 15 is 0 Å². The van der Waals surface area contributed by atoms with Crippen molar-refractivity contribution in [2.75, 3.05) is 16.9 Å². The standard InChI is InChI=1S/C14H18N6O3S2/c1-8-2-5-10(6-11(8)25(16,22)23)17-12(21)7-24-14-19-18-13(20(14)15)9-3-4-9/h2,5-6,9H,3-4,7,15H2,1H3,(H,17,21)(H2,16,22,23). The number of carbonyl (C=O) groups is 1. The fraction of sp³-hybridized carbons (Fsp3) is 0.357. The number of aryl methyl sites for hydroxylation is 1. The Labute approximate surface area is 149 Å². The molecule has 0 spiro atoms. The summed E-state index contributed by atoms with van der Waals surface area (Å²) >= 11 is 1.16. The molecule has 1 aliphatic rings. The minimum atomic E-state index is -3.85. The van der Waals surface area contributed by atoms with E-state index in [0.29, 0.717) is 22.3 Å². The van der Waals surface area contributed by atoms with Crippen molar-refractivity contribution < 1.29 is 13.2 Å². The number of amides is 1. The minimum Gasteiger partial charge on any atom is -0.336 e. The molecule has 0 aliphatic heterocycles. The van der Waals surface area contributed by atoms with Gasteiger partial charge >= 0.3 is 0 Å². The molecule has 1 amide bonds. The van der Waals surface area contributed by atoms with Gasteiger partial charge in [0, 0.05) is 11.6 Å². The highest BCUT2D eigenvalue weighted by Gasteiger charge is 2.30. The number of benzene rings is 1. The summed E-state index contributed by atoms with van der Waals surface area (Å²) in [4.78, 5) is 12.1. The molecule has 11 heteroatoms. The number of hydrogen-bond donors (Lipinski definition) is 3. The Balaban J connectivity index is 1.63. The van der Waals surface area contributed by atoms with Gasteiger partial charge in [-0.15, -0.1) is 10.2 Å². The van der Waals surface area contributed by atoms with Gasteiger partial charge in [0.2, 0.25) is 21.1 Å². The number of sulfonamides is 1. The zero-order valence-corrected chi connectivity index (χ0v) is 15.1. The summed E-state index contributed by atoms with van der Waals surface area (Å²) in [6.45, 7) is 1.63. The molecule has 2 aromatic rings. The average Bonchev–Trinajstić information content (AvgIpc) is 3.30. The van der Waals surface area contributed by atoms with Gasteiger partial charge in [0.05, 0.1) is 10.6 Å². The number of nitrogens with zero attached hydrogens (tertiary/aromatic N) is 3. The van der Waals surface area contributed by atoms with Crippen molar-refractivity contribution in [3.8, 4) is 0 Å². The molecule has 5 N–H and O–H groups in total. The molecule has 25 heavy (non-hydrogen) atoms. The van der Waals surface area contributed by atoms with Crippen molar-refractivity contribution in [2.24, 2.45) is 5.14 Å². The predicted octanol–water partition coefficient (Wildman–Crippen LogP) is 0.556. The molecule has 0 bridgehead atoms. The molecule has 3 rings (SSSR count).